The van der Waals surface area contributed by atoms with Crippen LogP contribution in [0.1, 0.15) is 18.2 Å². The zero-order chi connectivity index (χ0) is 13.1. The smallest absolute Gasteiger partial charge is 0.251 e. The number of aromatic amines is 1. The van der Waals surface area contributed by atoms with Crippen LogP contribution in [0.3, 0.4) is 0 Å². The maximum absolute atomic E-state index is 11.6. The SMILES string of the molecule is CCc1cc(=O)[nH]c(-c2ccc(C)cc2OC)n1. The summed E-state index contributed by atoms with van der Waals surface area (Å²) in [5, 5.41) is 0. The van der Waals surface area contributed by atoms with Crippen LogP contribution < -0.4 is 10.3 Å². The first-order chi connectivity index (χ1) is 8.63. The molecule has 0 aliphatic heterocycles. The van der Waals surface area contributed by atoms with E-state index in [2.05, 4.69) is 9.97 Å². The minimum atomic E-state index is -0.139. The minimum absolute atomic E-state index is 0.139. The second-order valence-electron chi connectivity index (χ2n) is 4.14. The molecule has 0 atom stereocenters. The van der Waals surface area contributed by atoms with Crippen LogP contribution in [-0.4, -0.2) is 17.1 Å². The monoisotopic (exact) mass is 244 g/mol. The van der Waals surface area contributed by atoms with Gasteiger partial charge in [-0.15, -0.1) is 0 Å². The summed E-state index contributed by atoms with van der Waals surface area (Å²) in [6.45, 7) is 3.96. The van der Waals surface area contributed by atoms with Gasteiger partial charge in [-0.1, -0.05) is 13.0 Å². The van der Waals surface area contributed by atoms with E-state index in [9.17, 15) is 4.79 Å². The van der Waals surface area contributed by atoms with Gasteiger partial charge in [0, 0.05) is 11.8 Å². The van der Waals surface area contributed by atoms with Crippen molar-refractivity contribution in [2.75, 3.05) is 7.11 Å². The molecule has 94 valence electrons. The van der Waals surface area contributed by atoms with Crippen LogP contribution in [0, 0.1) is 6.92 Å². The molecule has 1 N–H and O–H groups in total. The molecule has 1 aromatic heterocycles. The first-order valence-electron chi connectivity index (χ1n) is 5.89. The highest BCUT2D eigenvalue weighted by atomic mass is 16.5. The quantitative estimate of drug-likeness (QED) is 0.901. The van der Waals surface area contributed by atoms with Gasteiger partial charge in [-0.2, -0.15) is 0 Å². The Hall–Kier alpha value is -2.10. The summed E-state index contributed by atoms with van der Waals surface area (Å²) in [4.78, 5) is 18.7. The molecule has 0 unspecified atom stereocenters. The highest BCUT2D eigenvalue weighted by Crippen LogP contribution is 2.27. The van der Waals surface area contributed by atoms with E-state index >= 15 is 0 Å². The van der Waals surface area contributed by atoms with E-state index < -0.39 is 0 Å². The number of nitrogens with zero attached hydrogens (tertiary/aromatic N) is 1. The van der Waals surface area contributed by atoms with Crippen LogP contribution in [0.5, 0.6) is 5.75 Å². The molecule has 0 saturated carbocycles. The van der Waals surface area contributed by atoms with Crippen LogP contribution in [0.2, 0.25) is 0 Å². The van der Waals surface area contributed by atoms with Crippen LogP contribution >= 0.6 is 0 Å². The van der Waals surface area contributed by atoms with Crippen LogP contribution in [0.15, 0.2) is 29.1 Å². The Labute approximate surface area is 106 Å². The summed E-state index contributed by atoms with van der Waals surface area (Å²) in [5.74, 6) is 1.27. The number of rotatable bonds is 3. The number of nitrogens with one attached hydrogen (secondary N) is 1. The largest absolute Gasteiger partial charge is 0.496 e. The summed E-state index contributed by atoms with van der Waals surface area (Å²) < 4.78 is 5.33. The van der Waals surface area contributed by atoms with Gasteiger partial charge < -0.3 is 9.72 Å². The van der Waals surface area contributed by atoms with E-state index in [4.69, 9.17) is 4.74 Å². The Bertz CT molecular complexity index is 617. The molecule has 0 fully saturated rings. The molecule has 0 saturated heterocycles. The maximum atomic E-state index is 11.6. The molecule has 1 aromatic carbocycles. The van der Waals surface area contributed by atoms with Gasteiger partial charge in [0.2, 0.25) is 0 Å². The number of H-pyrrole nitrogens is 1. The van der Waals surface area contributed by atoms with Gasteiger partial charge in [0.15, 0.2) is 0 Å². The average Bonchev–Trinajstić information content (AvgIpc) is 2.37. The molecule has 0 spiro atoms. The number of hydrogen-bond acceptors (Lipinski definition) is 3. The van der Waals surface area contributed by atoms with Crippen molar-refractivity contribution < 1.29 is 4.74 Å². The fourth-order valence-corrected chi connectivity index (χ4v) is 1.81. The molecule has 18 heavy (non-hydrogen) atoms. The summed E-state index contributed by atoms with van der Waals surface area (Å²) in [5.41, 5.74) is 2.54. The first kappa shape index (κ1) is 12.4. The zero-order valence-electron chi connectivity index (χ0n) is 10.8. The zero-order valence-corrected chi connectivity index (χ0v) is 10.8. The summed E-state index contributed by atoms with van der Waals surface area (Å²) in [6.07, 6.45) is 0.727. The Morgan fingerprint density at radius 3 is 2.78 bits per heavy atom. The third kappa shape index (κ3) is 2.42. The van der Waals surface area contributed by atoms with Crippen molar-refractivity contribution in [1.82, 2.24) is 9.97 Å². The lowest BCUT2D eigenvalue weighted by Gasteiger charge is -2.09. The Kier molecular flexibility index (Phi) is 3.46. The highest BCUT2D eigenvalue weighted by Gasteiger charge is 2.09. The minimum Gasteiger partial charge on any atom is -0.496 e. The number of hydrogen-bond donors (Lipinski definition) is 1. The number of ether oxygens (including phenoxy) is 1. The molecule has 0 aliphatic rings. The molecular weight excluding hydrogens is 228 g/mol. The number of methoxy groups -OCH3 is 1. The van der Waals surface area contributed by atoms with E-state index in [1.165, 1.54) is 6.07 Å². The molecule has 0 amide bonds. The maximum Gasteiger partial charge on any atom is 0.251 e. The molecule has 2 rings (SSSR count). The second-order valence-corrected chi connectivity index (χ2v) is 4.14. The van der Waals surface area contributed by atoms with Crippen molar-refractivity contribution in [3.05, 3.63) is 45.9 Å². The number of benzene rings is 1. The summed E-state index contributed by atoms with van der Waals surface area (Å²) >= 11 is 0. The van der Waals surface area contributed by atoms with Gasteiger partial charge in [0.05, 0.1) is 12.7 Å². The van der Waals surface area contributed by atoms with Gasteiger partial charge in [0.25, 0.3) is 5.56 Å². The molecular formula is C14H16N2O2. The molecule has 1 heterocycles. The molecule has 2 aromatic rings. The number of aryl methyl sites for hydroxylation is 2. The van der Waals surface area contributed by atoms with Gasteiger partial charge in [0.1, 0.15) is 11.6 Å². The third-order valence-corrected chi connectivity index (χ3v) is 2.77. The fourth-order valence-electron chi connectivity index (χ4n) is 1.81. The summed E-state index contributed by atoms with van der Waals surface area (Å²) in [6, 6.07) is 7.32. The predicted octanol–water partition coefficient (Wildman–Crippen LogP) is 2.32. The molecule has 0 radical (unpaired) electrons. The Balaban J connectivity index is 2.61. The van der Waals surface area contributed by atoms with Crippen molar-refractivity contribution in [2.24, 2.45) is 0 Å². The van der Waals surface area contributed by atoms with Gasteiger partial charge in [-0.3, -0.25) is 4.79 Å². The molecule has 4 heteroatoms. The van der Waals surface area contributed by atoms with E-state index in [1.807, 2.05) is 32.0 Å². The molecule has 4 nitrogen and oxygen atoms in total. The van der Waals surface area contributed by atoms with E-state index in [0.717, 1.165) is 23.2 Å². The van der Waals surface area contributed by atoms with Crippen molar-refractivity contribution in [3.8, 4) is 17.1 Å². The third-order valence-electron chi connectivity index (χ3n) is 2.77. The van der Waals surface area contributed by atoms with Crippen molar-refractivity contribution in [2.45, 2.75) is 20.3 Å². The molecule has 0 aliphatic carbocycles. The lowest BCUT2D eigenvalue weighted by Crippen LogP contribution is -2.10. The Morgan fingerprint density at radius 2 is 2.11 bits per heavy atom. The van der Waals surface area contributed by atoms with Crippen molar-refractivity contribution in [3.63, 3.8) is 0 Å². The lowest BCUT2D eigenvalue weighted by molar-refractivity contribution is 0.416. The van der Waals surface area contributed by atoms with Crippen LogP contribution in [0.25, 0.3) is 11.4 Å². The van der Waals surface area contributed by atoms with Crippen LogP contribution in [0.4, 0.5) is 0 Å². The molecule has 0 bridgehead atoms. The Morgan fingerprint density at radius 1 is 1.33 bits per heavy atom. The first-order valence-corrected chi connectivity index (χ1v) is 5.89. The standard InChI is InChI=1S/C14H16N2O2/c1-4-10-8-13(17)16-14(15-10)11-6-5-9(2)7-12(11)18-3/h5-8H,4H2,1-3H3,(H,15,16,17). The van der Waals surface area contributed by atoms with Crippen molar-refractivity contribution in [1.29, 1.82) is 0 Å². The van der Waals surface area contributed by atoms with Gasteiger partial charge in [-0.25, -0.2) is 4.98 Å². The van der Waals surface area contributed by atoms with E-state index in [1.54, 1.807) is 7.11 Å². The van der Waals surface area contributed by atoms with Gasteiger partial charge in [-0.05, 0) is 31.0 Å². The lowest BCUT2D eigenvalue weighted by atomic mass is 10.1. The predicted molar refractivity (Wildman–Crippen MR) is 71.0 cm³/mol. The van der Waals surface area contributed by atoms with Crippen LogP contribution in [-0.2, 0) is 6.42 Å². The van der Waals surface area contributed by atoms with E-state index in [0.29, 0.717) is 11.6 Å². The normalized spacial score (nSPS) is 10.4. The number of aromatic nitrogens is 2. The van der Waals surface area contributed by atoms with E-state index in [-0.39, 0.29) is 5.56 Å². The highest BCUT2D eigenvalue weighted by molar-refractivity contribution is 5.64. The average molecular weight is 244 g/mol. The van der Waals surface area contributed by atoms with Crippen molar-refractivity contribution >= 4 is 0 Å². The topological polar surface area (TPSA) is 55.0 Å². The fraction of sp³-hybridized carbons (Fsp3) is 0.286. The van der Waals surface area contributed by atoms with Gasteiger partial charge >= 0.3 is 0 Å². The second kappa shape index (κ2) is 5.04. The summed E-state index contributed by atoms with van der Waals surface area (Å²) in [7, 11) is 1.61.